The normalized spacial score (nSPS) is 18.4. The summed E-state index contributed by atoms with van der Waals surface area (Å²) < 4.78 is 0. The van der Waals surface area contributed by atoms with Gasteiger partial charge in [0.05, 0.1) is 5.92 Å². The van der Waals surface area contributed by atoms with E-state index >= 15 is 0 Å². The second-order valence-electron chi connectivity index (χ2n) is 9.24. The van der Waals surface area contributed by atoms with Crippen LogP contribution in [0.5, 0.6) is 0 Å². The van der Waals surface area contributed by atoms with Crippen LogP contribution in [0, 0.1) is 11.3 Å². The van der Waals surface area contributed by atoms with Gasteiger partial charge in [0.2, 0.25) is 5.91 Å². The number of piperidine rings is 1. The number of pyridine rings is 1. The van der Waals surface area contributed by atoms with Crippen molar-refractivity contribution >= 4 is 41.7 Å². The molecule has 1 fully saturated rings. The molecule has 2 heterocycles. The Morgan fingerprint density at radius 1 is 1.43 bits per heavy atom. The molecule has 0 radical (unpaired) electrons. The van der Waals surface area contributed by atoms with E-state index in [1.165, 1.54) is 0 Å². The van der Waals surface area contributed by atoms with Crippen LogP contribution in [-0.4, -0.2) is 43.0 Å². The van der Waals surface area contributed by atoms with Crippen LogP contribution >= 0.6 is 24.0 Å². The maximum absolute atomic E-state index is 11.6. The van der Waals surface area contributed by atoms with Crippen LogP contribution < -0.4 is 21.3 Å². The van der Waals surface area contributed by atoms with Gasteiger partial charge in [0.25, 0.3) is 0 Å². The predicted molar refractivity (Wildman–Crippen MR) is 135 cm³/mol. The molecule has 1 aliphatic heterocycles. The van der Waals surface area contributed by atoms with E-state index < -0.39 is 0 Å². The molecule has 1 aromatic heterocycles. The third-order valence-electron chi connectivity index (χ3n) is 5.37. The van der Waals surface area contributed by atoms with Gasteiger partial charge in [-0.1, -0.05) is 26.8 Å². The minimum Gasteiger partial charge on any atom is -0.369 e. The molecule has 0 spiro atoms. The molecule has 0 aliphatic carbocycles. The lowest BCUT2D eigenvalue weighted by Crippen LogP contribution is -2.43. The fraction of sp³-hybridized carbons (Fsp3) is 0.682. The quantitative estimate of drug-likeness (QED) is 0.286. The van der Waals surface area contributed by atoms with Gasteiger partial charge in [0.15, 0.2) is 5.96 Å². The Kier molecular flexibility index (Phi) is 10.9. The zero-order valence-corrected chi connectivity index (χ0v) is 21.4. The van der Waals surface area contributed by atoms with Gasteiger partial charge in [-0.05, 0) is 44.1 Å². The van der Waals surface area contributed by atoms with Crippen molar-refractivity contribution in [3.8, 4) is 0 Å². The van der Waals surface area contributed by atoms with Crippen LogP contribution in [0.3, 0.4) is 0 Å². The zero-order valence-electron chi connectivity index (χ0n) is 19.1. The van der Waals surface area contributed by atoms with Gasteiger partial charge in [-0.3, -0.25) is 9.79 Å². The molecule has 0 bridgehead atoms. The molecule has 2 unspecified atom stereocenters. The van der Waals surface area contributed by atoms with E-state index in [0.29, 0.717) is 24.5 Å². The standard InChI is InChI=1S/C22H38N6O.HI/c1-16(10-11-22(2,3)4)27-21(24-5)26-14-17-8-6-12-25-20(17)28-13-7-9-18(15-28)19(23)29;/h6,8,12,16,18H,7,9-11,13-15H2,1-5H3,(H2,23,29)(H2,24,26,27);1H. The summed E-state index contributed by atoms with van der Waals surface area (Å²) >= 11 is 0. The highest BCUT2D eigenvalue weighted by molar-refractivity contribution is 14.0. The van der Waals surface area contributed by atoms with E-state index in [1.54, 1.807) is 13.2 Å². The van der Waals surface area contributed by atoms with E-state index in [0.717, 1.165) is 49.6 Å². The van der Waals surface area contributed by atoms with Gasteiger partial charge < -0.3 is 21.3 Å². The average Bonchev–Trinajstić information content (AvgIpc) is 2.69. The first kappa shape index (κ1) is 26.5. The van der Waals surface area contributed by atoms with E-state index in [9.17, 15) is 4.79 Å². The van der Waals surface area contributed by atoms with Crippen molar-refractivity contribution in [3.63, 3.8) is 0 Å². The number of guanidine groups is 1. The van der Waals surface area contributed by atoms with Gasteiger partial charge in [0.1, 0.15) is 5.82 Å². The minimum atomic E-state index is -0.223. The maximum Gasteiger partial charge on any atom is 0.222 e. The van der Waals surface area contributed by atoms with Crippen LogP contribution in [-0.2, 0) is 11.3 Å². The lowest BCUT2D eigenvalue weighted by Gasteiger charge is -2.33. The number of amides is 1. The second-order valence-corrected chi connectivity index (χ2v) is 9.24. The molecule has 170 valence electrons. The fourth-order valence-electron chi connectivity index (χ4n) is 3.58. The van der Waals surface area contributed by atoms with Crippen LogP contribution in [0.2, 0.25) is 0 Å². The Hall–Kier alpha value is -1.58. The van der Waals surface area contributed by atoms with Crippen molar-refractivity contribution in [2.24, 2.45) is 22.1 Å². The smallest absolute Gasteiger partial charge is 0.222 e. The number of anilines is 1. The minimum absolute atomic E-state index is 0. The zero-order chi connectivity index (χ0) is 21.4. The van der Waals surface area contributed by atoms with Crippen LogP contribution in [0.1, 0.15) is 58.9 Å². The third-order valence-corrected chi connectivity index (χ3v) is 5.37. The number of rotatable bonds is 7. The molecule has 30 heavy (non-hydrogen) atoms. The molecule has 2 atom stereocenters. The molecular weight excluding hydrogens is 491 g/mol. The summed E-state index contributed by atoms with van der Waals surface area (Å²) in [7, 11) is 1.79. The first-order valence-electron chi connectivity index (χ1n) is 10.6. The number of carbonyl (C=O) groups excluding carboxylic acids is 1. The van der Waals surface area contributed by atoms with E-state index in [-0.39, 0.29) is 35.8 Å². The van der Waals surface area contributed by atoms with Crippen LogP contribution in [0.4, 0.5) is 5.82 Å². The van der Waals surface area contributed by atoms with Crippen molar-refractivity contribution in [2.45, 2.75) is 66.0 Å². The first-order valence-corrected chi connectivity index (χ1v) is 10.6. The summed E-state index contributed by atoms with van der Waals surface area (Å²) in [5, 5.41) is 6.88. The second kappa shape index (κ2) is 12.3. The van der Waals surface area contributed by atoms with Crippen molar-refractivity contribution in [1.82, 2.24) is 15.6 Å². The number of nitrogens with two attached hydrogens (primary N) is 1. The van der Waals surface area contributed by atoms with Gasteiger partial charge in [-0.15, -0.1) is 24.0 Å². The number of primary amides is 1. The highest BCUT2D eigenvalue weighted by atomic mass is 127. The van der Waals surface area contributed by atoms with Crippen LogP contribution in [0.25, 0.3) is 0 Å². The SMILES string of the molecule is CN=C(NCc1cccnc1N1CCCC(C(N)=O)C1)NC(C)CCC(C)(C)C.I. The van der Waals surface area contributed by atoms with Crippen molar-refractivity contribution < 1.29 is 4.79 Å². The molecule has 2 rings (SSSR count). The number of hydrogen-bond acceptors (Lipinski definition) is 4. The highest BCUT2D eigenvalue weighted by Gasteiger charge is 2.26. The molecule has 4 N–H and O–H groups in total. The summed E-state index contributed by atoms with van der Waals surface area (Å²) in [4.78, 5) is 22.8. The lowest BCUT2D eigenvalue weighted by atomic mass is 9.89. The summed E-state index contributed by atoms with van der Waals surface area (Å²) in [5.41, 5.74) is 6.95. The number of aromatic nitrogens is 1. The number of hydrogen-bond donors (Lipinski definition) is 3. The summed E-state index contributed by atoms with van der Waals surface area (Å²) in [5.74, 6) is 1.38. The Bertz CT molecular complexity index is 703. The van der Waals surface area contributed by atoms with Gasteiger partial charge in [0, 0.05) is 44.5 Å². The molecule has 0 saturated carbocycles. The Morgan fingerprint density at radius 2 is 2.17 bits per heavy atom. The Labute approximate surface area is 198 Å². The van der Waals surface area contributed by atoms with E-state index in [1.807, 2.05) is 6.07 Å². The number of carbonyl (C=O) groups is 1. The summed E-state index contributed by atoms with van der Waals surface area (Å²) in [6.07, 6.45) is 5.85. The van der Waals surface area contributed by atoms with Gasteiger partial charge in [-0.25, -0.2) is 4.98 Å². The number of nitrogens with zero attached hydrogens (tertiary/aromatic N) is 3. The number of halogens is 1. The lowest BCUT2D eigenvalue weighted by molar-refractivity contribution is -0.122. The molecule has 1 aromatic rings. The van der Waals surface area contributed by atoms with Crippen molar-refractivity contribution in [2.75, 3.05) is 25.0 Å². The topological polar surface area (TPSA) is 95.6 Å². The highest BCUT2D eigenvalue weighted by Crippen LogP contribution is 2.24. The molecule has 1 saturated heterocycles. The van der Waals surface area contributed by atoms with E-state index in [2.05, 4.69) is 59.3 Å². The summed E-state index contributed by atoms with van der Waals surface area (Å²) in [6.45, 7) is 11.1. The number of nitrogens with one attached hydrogen (secondary N) is 2. The predicted octanol–water partition coefficient (Wildman–Crippen LogP) is 3.28. The fourth-order valence-corrected chi connectivity index (χ4v) is 3.58. The monoisotopic (exact) mass is 530 g/mol. The van der Waals surface area contributed by atoms with Crippen LogP contribution in [0.15, 0.2) is 23.3 Å². The molecular formula is C22H39IN6O. The molecule has 1 aliphatic rings. The molecule has 0 aromatic carbocycles. The van der Waals surface area contributed by atoms with E-state index in [4.69, 9.17) is 5.73 Å². The van der Waals surface area contributed by atoms with Crippen molar-refractivity contribution in [1.29, 1.82) is 0 Å². The Balaban J connectivity index is 0.00000450. The summed E-state index contributed by atoms with van der Waals surface area (Å²) in [6, 6.07) is 4.35. The van der Waals surface area contributed by atoms with Crippen molar-refractivity contribution in [3.05, 3.63) is 23.9 Å². The Morgan fingerprint density at radius 3 is 2.80 bits per heavy atom. The molecule has 7 nitrogen and oxygen atoms in total. The maximum atomic E-state index is 11.6. The average molecular weight is 530 g/mol. The molecule has 8 heteroatoms. The van der Waals surface area contributed by atoms with Gasteiger partial charge in [-0.2, -0.15) is 0 Å². The largest absolute Gasteiger partial charge is 0.369 e. The molecule has 1 amide bonds. The number of aliphatic imine (C=N–C) groups is 1. The first-order chi connectivity index (χ1) is 13.7. The van der Waals surface area contributed by atoms with Gasteiger partial charge >= 0.3 is 0 Å². The third kappa shape index (κ3) is 8.65.